The molecule has 2 aromatic carbocycles. The predicted molar refractivity (Wildman–Crippen MR) is 81.2 cm³/mol. The van der Waals surface area contributed by atoms with Crippen LogP contribution < -0.4 is 10.3 Å². The number of nitrogens with zero attached hydrogens (tertiary/aromatic N) is 1. The van der Waals surface area contributed by atoms with Crippen molar-refractivity contribution in [1.29, 1.82) is 0 Å². The molecule has 1 aromatic heterocycles. The van der Waals surface area contributed by atoms with E-state index in [1.54, 1.807) is 29.0 Å². The summed E-state index contributed by atoms with van der Waals surface area (Å²) in [6, 6.07) is 16.9. The molecule has 3 rings (SSSR count). The van der Waals surface area contributed by atoms with Gasteiger partial charge in [-0.25, -0.2) is 4.79 Å². The Morgan fingerprint density at radius 2 is 1.86 bits per heavy atom. The van der Waals surface area contributed by atoms with Crippen LogP contribution in [0.25, 0.3) is 17.8 Å². The number of aromatic amines is 1. The van der Waals surface area contributed by atoms with Crippen LogP contribution in [-0.2, 0) is 0 Å². The molecule has 0 aliphatic carbocycles. The van der Waals surface area contributed by atoms with Crippen LogP contribution >= 0.6 is 11.6 Å². The minimum absolute atomic E-state index is 0.390. The molecule has 21 heavy (non-hydrogen) atoms. The SMILES string of the molecule is O=c1o[nH][n+](-c2cccc(Cl)c2)c1/C=C/c1ccccc1. The minimum atomic E-state index is -0.442. The molecule has 0 aliphatic heterocycles. The third-order valence-electron chi connectivity index (χ3n) is 2.98. The van der Waals surface area contributed by atoms with E-state index in [0.717, 1.165) is 11.3 Å². The molecule has 0 atom stereocenters. The lowest BCUT2D eigenvalue weighted by Gasteiger charge is -1.92. The number of rotatable bonds is 3. The maximum atomic E-state index is 11.8. The van der Waals surface area contributed by atoms with Gasteiger partial charge in [-0.2, -0.15) is 0 Å². The zero-order valence-corrected chi connectivity index (χ0v) is 11.7. The van der Waals surface area contributed by atoms with Gasteiger partial charge in [-0.05, 0) is 27.7 Å². The normalized spacial score (nSPS) is 11.1. The summed E-state index contributed by atoms with van der Waals surface area (Å²) < 4.78 is 6.42. The van der Waals surface area contributed by atoms with Gasteiger partial charge in [0.1, 0.15) is 0 Å². The van der Waals surface area contributed by atoms with Gasteiger partial charge in [-0.1, -0.05) is 48.0 Å². The molecule has 0 saturated carbocycles. The first-order chi connectivity index (χ1) is 10.2. The van der Waals surface area contributed by atoms with E-state index in [1.807, 2.05) is 42.5 Å². The summed E-state index contributed by atoms with van der Waals surface area (Å²) in [5, 5.41) is 3.16. The minimum Gasteiger partial charge on any atom is -0.282 e. The molecule has 0 saturated heterocycles. The van der Waals surface area contributed by atoms with E-state index in [0.29, 0.717) is 10.7 Å². The second-order valence-electron chi connectivity index (χ2n) is 4.43. The lowest BCUT2D eigenvalue weighted by Crippen LogP contribution is -2.36. The van der Waals surface area contributed by atoms with Gasteiger partial charge in [0, 0.05) is 23.2 Å². The van der Waals surface area contributed by atoms with Crippen molar-refractivity contribution in [2.75, 3.05) is 0 Å². The lowest BCUT2D eigenvalue weighted by atomic mass is 10.2. The number of H-pyrrole nitrogens is 1. The van der Waals surface area contributed by atoms with Gasteiger partial charge >= 0.3 is 11.3 Å². The Morgan fingerprint density at radius 1 is 1.05 bits per heavy atom. The second-order valence-corrected chi connectivity index (χ2v) is 4.86. The van der Waals surface area contributed by atoms with Gasteiger partial charge in [0.05, 0.1) is 0 Å². The molecule has 0 radical (unpaired) electrons. The highest BCUT2D eigenvalue weighted by atomic mass is 35.5. The topological polar surface area (TPSA) is 49.9 Å². The molecular formula is C16H12ClN2O2+. The van der Waals surface area contributed by atoms with Crippen LogP contribution in [0.5, 0.6) is 0 Å². The summed E-state index contributed by atoms with van der Waals surface area (Å²) in [6.07, 6.45) is 3.56. The van der Waals surface area contributed by atoms with Crippen LogP contribution in [-0.4, -0.2) is 5.27 Å². The average molecular weight is 300 g/mol. The van der Waals surface area contributed by atoms with E-state index in [4.69, 9.17) is 16.1 Å². The Morgan fingerprint density at radius 3 is 2.62 bits per heavy atom. The number of aromatic nitrogens is 2. The van der Waals surface area contributed by atoms with Crippen LogP contribution in [0.2, 0.25) is 5.02 Å². The molecule has 0 aliphatic rings. The molecular weight excluding hydrogens is 288 g/mol. The Hall–Kier alpha value is -2.59. The van der Waals surface area contributed by atoms with Gasteiger partial charge in [0.2, 0.25) is 5.69 Å². The molecule has 104 valence electrons. The molecule has 0 amide bonds. The molecule has 1 heterocycles. The molecule has 3 aromatic rings. The van der Waals surface area contributed by atoms with E-state index in [2.05, 4.69) is 5.27 Å². The van der Waals surface area contributed by atoms with Gasteiger partial charge in [0.15, 0.2) is 0 Å². The van der Waals surface area contributed by atoms with Crippen LogP contribution in [0.15, 0.2) is 63.9 Å². The van der Waals surface area contributed by atoms with Crippen LogP contribution in [0.3, 0.4) is 0 Å². The summed E-state index contributed by atoms with van der Waals surface area (Å²) in [4.78, 5) is 11.8. The third kappa shape index (κ3) is 2.95. The largest absolute Gasteiger partial charge is 0.435 e. The van der Waals surface area contributed by atoms with Gasteiger partial charge in [-0.15, -0.1) is 0 Å². The standard InChI is InChI=1S/C16H11ClN2O2/c17-13-7-4-8-14(11-13)19-15(16(20)21-18-19)10-9-12-5-2-1-3-6-12/h1-11H/p+1/b10-9+. The first-order valence-corrected chi connectivity index (χ1v) is 6.74. The van der Waals surface area contributed by atoms with Crippen molar-refractivity contribution in [3.8, 4) is 5.69 Å². The fourth-order valence-electron chi connectivity index (χ4n) is 1.97. The Labute approximate surface area is 125 Å². The molecule has 0 unspecified atom stereocenters. The first kappa shape index (κ1) is 13.4. The summed E-state index contributed by atoms with van der Waals surface area (Å²) in [5.41, 5.74) is 1.67. The molecule has 1 N–H and O–H groups in total. The Kier molecular flexibility index (Phi) is 3.71. The monoisotopic (exact) mass is 299 g/mol. The van der Waals surface area contributed by atoms with Crippen LogP contribution in [0.4, 0.5) is 0 Å². The molecule has 0 fully saturated rings. The van der Waals surface area contributed by atoms with Gasteiger partial charge in [-0.3, -0.25) is 4.52 Å². The van der Waals surface area contributed by atoms with E-state index in [1.165, 1.54) is 0 Å². The molecule has 0 bridgehead atoms. The number of halogens is 1. The smallest absolute Gasteiger partial charge is 0.282 e. The Balaban J connectivity index is 2.02. The highest BCUT2D eigenvalue weighted by Gasteiger charge is 2.20. The summed E-state index contributed by atoms with van der Waals surface area (Å²) in [5.74, 6) is 0. The first-order valence-electron chi connectivity index (χ1n) is 6.36. The van der Waals surface area contributed by atoms with Crippen molar-refractivity contribution in [2.24, 2.45) is 0 Å². The molecule has 5 heteroatoms. The van der Waals surface area contributed by atoms with Crippen molar-refractivity contribution < 1.29 is 9.20 Å². The van der Waals surface area contributed by atoms with Gasteiger partial charge < -0.3 is 0 Å². The fourth-order valence-corrected chi connectivity index (χ4v) is 2.15. The third-order valence-corrected chi connectivity index (χ3v) is 3.21. The maximum absolute atomic E-state index is 11.8. The lowest BCUT2D eigenvalue weighted by molar-refractivity contribution is -0.672. The highest BCUT2D eigenvalue weighted by Crippen LogP contribution is 2.11. The van der Waals surface area contributed by atoms with E-state index >= 15 is 0 Å². The zero-order valence-electron chi connectivity index (χ0n) is 11.0. The Bertz CT molecular complexity index is 835. The van der Waals surface area contributed by atoms with Crippen molar-refractivity contribution in [2.45, 2.75) is 0 Å². The quantitative estimate of drug-likeness (QED) is 0.756. The number of benzene rings is 2. The number of hydrogen-bond acceptors (Lipinski definition) is 2. The van der Waals surface area contributed by atoms with E-state index in [-0.39, 0.29) is 0 Å². The van der Waals surface area contributed by atoms with Crippen molar-refractivity contribution >= 4 is 23.8 Å². The summed E-state index contributed by atoms with van der Waals surface area (Å²) in [6.45, 7) is 0. The second kappa shape index (κ2) is 5.81. The molecule has 0 spiro atoms. The summed E-state index contributed by atoms with van der Waals surface area (Å²) >= 11 is 5.97. The van der Waals surface area contributed by atoms with Crippen LogP contribution in [0, 0.1) is 0 Å². The highest BCUT2D eigenvalue weighted by molar-refractivity contribution is 6.30. The summed E-state index contributed by atoms with van der Waals surface area (Å²) in [7, 11) is 0. The van der Waals surface area contributed by atoms with Crippen molar-refractivity contribution in [3.63, 3.8) is 0 Å². The predicted octanol–water partition coefficient (Wildman–Crippen LogP) is 3.07. The zero-order chi connectivity index (χ0) is 14.7. The van der Waals surface area contributed by atoms with Gasteiger partial charge in [0.25, 0.3) is 0 Å². The maximum Gasteiger partial charge on any atom is 0.435 e. The van der Waals surface area contributed by atoms with Crippen molar-refractivity contribution in [1.82, 2.24) is 5.27 Å². The van der Waals surface area contributed by atoms with Crippen LogP contribution in [0.1, 0.15) is 11.3 Å². The average Bonchev–Trinajstić information content (AvgIpc) is 2.87. The van der Waals surface area contributed by atoms with E-state index < -0.39 is 5.63 Å². The van der Waals surface area contributed by atoms with Crippen molar-refractivity contribution in [3.05, 3.63) is 81.3 Å². The fraction of sp³-hybridized carbons (Fsp3) is 0. The number of nitrogens with one attached hydrogen (secondary N) is 1. The molecule has 4 nitrogen and oxygen atoms in total. The number of hydrogen-bond donors (Lipinski definition) is 1. The van der Waals surface area contributed by atoms with E-state index in [9.17, 15) is 4.79 Å².